The second kappa shape index (κ2) is 6.88. The molecule has 0 saturated carbocycles. The highest BCUT2D eigenvalue weighted by Crippen LogP contribution is 2.24. The van der Waals surface area contributed by atoms with Gasteiger partial charge in [0.25, 0.3) is 0 Å². The molecule has 0 aliphatic heterocycles. The molecule has 0 amide bonds. The summed E-state index contributed by atoms with van der Waals surface area (Å²) in [5.74, 6) is 1.31. The van der Waals surface area contributed by atoms with Crippen molar-refractivity contribution in [2.24, 2.45) is 0 Å². The van der Waals surface area contributed by atoms with Gasteiger partial charge in [0.1, 0.15) is 11.3 Å². The number of anilines is 2. The fraction of sp³-hybridized carbons (Fsp3) is 0. The van der Waals surface area contributed by atoms with Crippen LogP contribution in [0.3, 0.4) is 0 Å². The van der Waals surface area contributed by atoms with Crippen molar-refractivity contribution in [2.75, 3.05) is 5.32 Å². The van der Waals surface area contributed by atoms with E-state index in [2.05, 4.69) is 35.2 Å². The third-order valence-corrected chi connectivity index (χ3v) is 4.29. The molecule has 0 atom stereocenters. The van der Waals surface area contributed by atoms with Crippen LogP contribution in [0.5, 0.6) is 0 Å². The Hall–Kier alpha value is -4.13. The number of aromatic nitrogens is 6. The van der Waals surface area contributed by atoms with Crippen LogP contribution in [0.25, 0.3) is 33.7 Å². The highest BCUT2D eigenvalue weighted by atomic mass is 15.1. The second-order valence-electron chi connectivity index (χ2n) is 6.19. The first kappa shape index (κ1) is 16.1. The Morgan fingerprint density at radius 2 is 1.71 bits per heavy atom. The zero-order valence-electron chi connectivity index (χ0n) is 14.7. The number of fused-ring (bicyclic) bond motifs is 1. The van der Waals surface area contributed by atoms with Crippen LogP contribution in [-0.4, -0.2) is 29.9 Å². The third kappa shape index (κ3) is 3.16. The summed E-state index contributed by atoms with van der Waals surface area (Å²) >= 11 is 0. The van der Waals surface area contributed by atoms with E-state index in [0.29, 0.717) is 5.95 Å². The summed E-state index contributed by atoms with van der Waals surface area (Å²) in [7, 11) is 0. The fourth-order valence-electron chi connectivity index (χ4n) is 2.93. The molecule has 0 unspecified atom stereocenters. The van der Waals surface area contributed by atoms with Crippen molar-refractivity contribution in [3.63, 3.8) is 0 Å². The van der Waals surface area contributed by atoms with Crippen LogP contribution in [0.1, 0.15) is 0 Å². The molecule has 1 aromatic carbocycles. The molecule has 7 nitrogen and oxygen atoms in total. The molecule has 5 rings (SSSR count). The fourth-order valence-corrected chi connectivity index (χ4v) is 2.93. The molecular weight excluding hydrogens is 350 g/mol. The molecule has 4 heterocycles. The van der Waals surface area contributed by atoms with Crippen molar-refractivity contribution in [1.82, 2.24) is 29.9 Å². The van der Waals surface area contributed by atoms with E-state index < -0.39 is 0 Å². The van der Waals surface area contributed by atoms with Crippen LogP contribution in [0.4, 0.5) is 11.6 Å². The average Bonchev–Trinajstić information content (AvgIpc) is 3.20. The van der Waals surface area contributed by atoms with Gasteiger partial charge in [-0.05, 0) is 30.3 Å². The summed E-state index contributed by atoms with van der Waals surface area (Å²) in [5, 5.41) is 3.23. The van der Waals surface area contributed by atoms with Gasteiger partial charge in [-0.1, -0.05) is 18.2 Å². The number of nitrogens with zero attached hydrogens (tertiary/aromatic N) is 5. The summed E-state index contributed by atoms with van der Waals surface area (Å²) in [6, 6.07) is 15.6. The average molecular weight is 365 g/mol. The number of hydrogen-bond acceptors (Lipinski definition) is 6. The van der Waals surface area contributed by atoms with Crippen LogP contribution in [0.15, 0.2) is 79.5 Å². The van der Waals surface area contributed by atoms with Gasteiger partial charge in [-0.3, -0.25) is 9.97 Å². The Balaban J connectivity index is 1.39. The quantitative estimate of drug-likeness (QED) is 0.495. The number of benzene rings is 1. The van der Waals surface area contributed by atoms with Crippen molar-refractivity contribution in [3.8, 4) is 22.6 Å². The van der Waals surface area contributed by atoms with Crippen molar-refractivity contribution < 1.29 is 0 Å². The lowest BCUT2D eigenvalue weighted by molar-refractivity contribution is 1.16. The molecule has 0 aliphatic carbocycles. The SMILES string of the molecule is c1ccc(-c2cnc(Nc3cccc(-c4nc5cnccc5[nH]4)c3)nc2)nc1. The minimum absolute atomic E-state index is 0.519. The lowest BCUT2D eigenvalue weighted by atomic mass is 10.2. The number of H-pyrrole nitrogens is 1. The number of imidazole rings is 1. The van der Waals surface area contributed by atoms with Crippen LogP contribution in [-0.2, 0) is 0 Å². The smallest absolute Gasteiger partial charge is 0.227 e. The van der Waals surface area contributed by atoms with Gasteiger partial charge >= 0.3 is 0 Å². The maximum absolute atomic E-state index is 4.59. The highest BCUT2D eigenvalue weighted by Gasteiger charge is 2.07. The zero-order valence-corrected chi connectivity index (χ0v) is 14.7. The standard InChI is InChI=1S/C21H15N7/c1-2-8-23-17(6-1)15-11-24-21(25-12-15)26-16-5-3-4-14(10-16)20-27-18-7-9-22-13-19(18)28-20/h1-13H,(H,27,28)(H,24,25,26). The van der Waals surface area contributed by atoms with Gasteiger partial charge in [-0.25, -0.2) is 15.0 Å². The monoisotopic (exact) mass is 365 g/mol. The van der Waals surface area contributed by atoms with Crippen molar-refractivity contribution in [2.45, 2.75) is 0 Å². The molecule has 0 bridgehead atoms. The molecule has 5 aromatic rings. The van der Waals surface area contributed by atoms with Gasteiger partial charge in [0, 0.05) is 41.6 Å². The van der Waals surface area contributed by atoms with E-state index in [1.165, 1.54) is 0 Å². The Morgan fingerprint density at radius 1 is 0.786 bits per heavy atom. The lowest BCUT2D eigenvalue weighted by Crippen LogP contribution is -1.97. The Kier molecular flexibility index (Phi) is 3.95. The lowest BCUT2D eigenvalue weighted by Gasteiger charge is -2.07. The normalized spacial score (nSPS) is 10.9. The molecule has 0 aliphatic rings. The summed E-state index contributed by atoms with van der Waals surface area (Å²) in [6.07, 6.45) is 8.76. The number of pyridine rings is 2. The maximum Gasteiger partial charge on any atom is 0.227 e. The van der Waals surface area contributed by atoms with Gasteiger partial charge in [0.2, 0.25) is 5.95 Å². The molecule has 28 heavy (non-hydrogen) atoms. The van der Waals surface area contributed by atoms with Crippen molar-refractivity contribution in [1.29, 1.82) is 0 Å². The first-order valence-corrected chi connectivity index (χ1v) is 8.76. The van der Waals surface area contributed by atoms with Gasteiger partial charge in [0.15, 0.2) is 0 Å². The van der Waals surface area contributed by atoms with E-state index in [-0.39, 0.29) is 0 Å². The summed E-state index contributed by atoms with van der Waals surface area (Å²) in [6.45, 7) is 0. The summed E-state index contributed by atoms with van der Waals surface area (Å²) < 4.78 is 0. The number of rotatable bonds is 4. The maximum atomic E-state index is 4.59. The predicted molar refractivity (Wildman–Crippen MR) is 108 cm³/mol. The van der Waals surface area contributed by atoms with Crippen LogP contribution < -0.4 is 5.32 Å². The first-order chi connectivity index (χ1) is 13.8. The molecule has 4 aromatic heterocycles. The molecule has 0 spiro atoms. The van der Waals surface area contributed by atoms with E-state index in [9.17, 15) is 0 Å². The van der Waals surface area contributed by atoms with E-state index in [4.69, 9.17) is 0 Å². The minimum Gasteiger partial charge on any atom is -0.338 e. The molecule has 2 N–H and O–H groups in total. The van der Waals surface area contributed by atoms with E-state index >= 15 is 0 Å². The largest absolute Gasteiger partial charge is 0.338 e. The zero-order chi connectivity index (χ0) is 18.8. The molecule has 0 saturated heterocycles. The third-order valence-electron chi connectivity index (χ3n) is 4.29. The Bertz CT molecular complexity index is 1200. The predicted octanol–water partition coefficient (Wildman–Crippen LogP) is 4.22. The minimum atomic E-state index is 0.519. The van der Waals surface area contributed by atoms with Gasteiger partial charge in [-0.15, -0.1) is 0 Å². The summed E-state index contributed by atoms with van der Waals surface area (Å²) in [5.41, 5.74) is 5.35. The number of aromatic amines is 1. The number of nitrogens with one attached hydrogen (secondary N) is 2. The topological polar surface area (TPSA) is 92.3 Å². The Labute approximate surface area is 160 Å². The van der Waals surface area contributed by atoms with E-state index in [1.807, 2.05) is 48.5 Å². The van der Waals surface area contributed by atoms with Gasteiger partial charge in [0.05, 0.1) is 17.4 Å². The van der Waals surface area contributed by atoms with Crippen molar-refractivity contribution >= 4 is 22.7 Å². The molecular formula is C21H15N7. The van der Waals surface area contributed by atoms with Crippen LogP contribution in [0.2, 0.25) is 0 Å². The van der Waals surface area contributed by atoms with Crippen LogP contribution in [0, 0.1) is 0 Å². The molecule has 134 valence electrons. The highest BCUT2D eigenvalue weighted by molar-refractivity contribution is 5.79. The molecule has 0 fully saturated rings. The van der Waals surface area contributed by atoms with Crippen molar-refractivity contribution in [3.05, 3.63) is 79.5 Å². The second-order valence-corrected chi connectivity index (χ2v) is 6.19. The van der Waals surface area contributed by atoms with Crippen LogP contribution >= 0.6 is 0 Å². The van der Waals surface area contributed by atoms with E-state index in [1.54, 1.807) is 31.0 Å². The molecule has 7 heteroatoms. The number of hydrogen-bond donors (Lipinski definition) is 2. The van der Waals surface area contributed by atoms with Gasteiger partial charge < -0.3 is 10.3 Å². The van der Waals surface area contributed by atoms with E-state index in [0.717, 1.165) is 39.4 Å². The first-order valence-electron chi connectivity index (χ1n) is 8.76. The summed E-state index contributed by atoms with van der Waals surface area (Å²) in [4.78, 5) is 25.1. The Morgan fingerprint density at radius 3 is 2.54 bits per heavy atom. The molecule has 0 radical (unpaired) electrons. The van der Waals surface area contributed by atoms with Gasteiger partial charge in [-0.2, -0.15) is 0 Å².